The Morgan fingerprint density at radius 3 is 0.489 bits per heavy atom. The van der Waals surface area contributed by atoms with Crippen molar-refractivity contribution in [3.63, 3.8) is 0 Å². The third-order valence-electron chi connectivity index (χ3n) is 7.41. The molecule has 0 amide bonds. The summed E-state index contributed by atoms with van der Waals surface area (Å²) in [4.78, 5) is 39.3. The highest BCUT2D eigenvalue weighted by atomic mass is 16.3. The molecule has 6 heteroatoms. The lowest BCUT2D eigenvalue weighted by atomic mass is 10.2. The molecule has 16 rings (SSSR count). The predicted molar refractivity (Wildman–Crippen MR) is 180 cm³/mol. The van der Waals surface area contributed by atoms with Crippen molar-refractivity contribution in [2.45, 2.75) is 0 Å². The molecule has 0 aliphatic carbocycles. The van der Waals surface area contributed by atoms with Crippen molar-refractivity contribution < 1.29 is 13.3 Å². The van der Waals surface area contributed by atoms with E-state index in [0.29, 0.717) is 65.8 Å². The van der Waals surface area contributed by atoms with Gasteiger partial charge < -0.3 is 13.3 Å². The molecule has 216 valence electrons. The van der Waals surface area contributed by atoms with E-state index in [2.05, 4.69) is 0 Å². The first kappa shape index (κ1) is 27.6. The molecule has 6 aromatic carbocycles. The molecule has 0 N–H and O–H groups in total. The number of benzene rings is 6. The van der Waals surface area contributed by atoms with Crippen molar-refractivity contribution in [3.8, 4) is 0 Å². The fourth-order valence-corrected chi connectivity index (χ4v) is 4.95. The predicted octanol–water partition coefficient (Wildman–Crippen LogP) is 8.84. The second-order valence-corrected chi connectivity index (χ2v) is 10.4. The molecular weight excluding hydrogens is 564 g/mol. The molecule has 0 aliphatic rings. The van der Waals surface area contributed by atoms with Crippen LogP contribution in [0.2, 0.25) is 0 Å². The molecule has 10 heterocycles. The molecule has 6 nitrogen and oxygen atoms in total. The first-order valence-corrected chi connectivity index (χ1v) is 14.3. The molecule has 10 aromatic heterocycles. The molecular formula is C39H24O6. The second kappa shape index (κ2) is 11.8. The molecule has 0 saturated heterocycles. The minimum absolute atomic E-state index is 0.133. The number of hydrogen-bond acceptors (Lipinski definition) is 6. The van der Waals surface area contributed by atoms with Gasteiger partial charge in [-0.1, -0.05) is 0 Å². The molecule has 0 aliphatic heterocycles. The molecule has 0 saturated carbocycles. The Bertz CT molecular complexity index is 2090. The zero-order valence-electron chi connectivity index (χ0n) is 23.8. The van der Waals surface area contributed by atoms with Crippen molar-refractivity contribution in [2.24, 2.45) is 0 Å². The SMILES string of the molecule is O=c1c2ccc(cc2)oc2ccc(cc2)c(=O)c2ccc(cc2)oc2ccc(cc2)c(=O)c2ccc(cc2)oc2ccc1cc2. The highest BCUT2D eigenvalue weighted by Gasteiger charge is 1.99. The monoisotopic (exact) mass is 588 g/mol. The van der Waals surface area contributed by atoms with E-state index in [1.165, 1.54) is 0 Å². The van der Waals surface area contributed by atoms with Crippen LogP contribution in [0.3, 0.4) is 0 Å². The van der Waals surface area contributed by atoms with Gasteiger partial charge in [0.2, 0.25) is 0 Å². The molecule has 12 bridgehead atoms. The van der Waals surface area contributed by atoms with Crippen molar-refractivity contribution in [2.75, 3.05) is 0 Å². The summed E-state index contributed by atoms with van der Waals surface area (Å²) < 4.78 is 17.8. The van der Waals surface area contributed by atoms with E-state index in [4.69, 9.17) is 13.3 Å². The Morgan fingerprint density at radius 1 is 0.222 bits per heavy atom. The lowest BCUT2D eigenvalue weighted by Crippen LogP contribution is -1.97. The van der Waals surface area contributed by atoms with E-state index in [1.807, 2.05) is 0 Å². The summed E-state index contributed by atoms with van der Waals surface area (Å²) >= 11 is 0. The lowest BCUT2D eigenvalue weighted by molar-refractivity contribution is 0.655. The first-order chi connectivity index (χ1) is 22.0. The van der Waals surface area contributed by atoms with Gasteiger partial charge in [0.1, 0.15) is 33.5 Å². The van der Waals surface area contributed by atoms with Crippen LogP contribution in [0.25, 0.3) is 65.8 Å². The second-order valence-electron chi connectivity index (χ2n) is 10.4. The molecule has 0 spiro atoms. The Morgan fingerprint density at radius 2 is 0.356 bits per heavy atom. The van der Waals surface area contributed by atoms with Crippen LogP contribution in [0.1, 0.15) is 0 Å². The van der Waals surface area contributed by atoms with Crippen molar-refractivity contribution >= 4 is 65.8 Å². The summed E-state index contributed by atoms with van der Waals surface area (Å²) in [5.74, 6) is 0. The van der Waals surface area contributed by atoms with Crippen molar-refractivity contribution in [1.82, 2.24) is 0 Å². The Labute approximate surface area is 255 Å². The maximum absolute atomic E-state index is 13.1. The smallest absolute Gasteiger partial charge is 0.193 e. The van der Waals surface area contributed by atoms with E-state index in [-0.39, 0.29) is 16.3 Å². The molecule has 16 aromatic rings. The summed E-state index contributed by atoms with van der Waals surface area (Å²) in [6, 6.07) is 41.3. The summed E-state index contributed by atoms with van der Waals surface area (Å²) in [7, 11) is 0. The van der Waals surface area contributed by atoms with E-state index in [0.717, 1.165) is 0 Å². The summed E-state index contributed by atoms with van der Waals surface area (Å²) in [5, 5.41) is 3.10. The molecule has 45 heavy (non-hydrogen) atoms. The van der Waals surface area contributed by atoms with Gasteiger partial charge in [-0.25, -0.2) is 0 Å². The standard InChI is InChI=1S/C39H24O6/c40-37-25-1-13-31(14-2-25)43-32-17-5-27(6-18-32)38(41)28-9-21-35(22-10-28)45-36-23-11-30(12-24-36)39(42)29-7-19-34(20-8-29)44-33-15-3-26(37)4-16-33/h1-24H. The quantitative estimate of drug-likeness (QED) is 0.176. The molecule has 0 unspecified atom stereocenters. The Hall–Kier alpha value is -6.27. The van der Waals surface area contributed by atoms with Crippen LogP contribution < -0.4 is 16.3 Å². The maximum atomic E-state index is 13.1. The zero-order valence-corrected chi connectivity index (χ0v) is 23.8. The van der Waals surface area contributed by atoms with Gasteiger partial charge in [0, 0.05) is 32.3 Å². The highest BCUT2D eigenvalue weighted by Crippen LogP contribution is 2.13. The lowest BCUT2D eigenvalue weighted by Gasteiger charge is -1.95. The van der Waals surface area contributed by atoms with Gasteiger partial charge in [-0.05, 0) is 146 Å². The van der Waals surface area contributed by atoms with E-state index in [9.17, 15) is 14.4 Å². The van der Waals surface area contributed by atoms with Crippen molar-refractivity contribution in [1.29, 1.82) is 0 Å². The summed E-state index contributed by atoms with van der Waals surface area (Å²) in [6.07, 6.45) is 0. The van der Waals surface area contributed by atoms with Gasteiger partial charge >= 0.3 is 0 Å². The van der Waals surface area contributed by atoms with Gasteiger partial charge in [-0.15, -0.1) is 0 Å². The Balaban J connectivity index is 1.42. The number of hydrogen-bond donors (Lipinski definition) is 0. The van der Waals surface area contributed by atoms with Gasteiger partial charge in [-0.3, -0.25) is 14.4 Å². The third-order valence-corrected chi connectivity index (χ3v) is 7.41. The summed E-state index contributed by atoms with van der Waals surface area (Å²) in [6.45, 7) is 0. The molecule has 0 radical (unpaired) electrons. The topological polar surface area (TPSA) is 90.6 Å². The zero-order chi connectivity index (χ0) is 30.8. The number of rotatable bonds is 0. The molecule has 0 fully saturated rings. The minimum Gasteiger partial charge on any atom is -0.457 e. The van der Waals surface area contributed by atoms with Crippen LogP contribution in [0.15, 0.2) is 173 Å². The van der Waals surface area contributed by atoms with Gasteiger partial charge in [0.05, 0.1) is 0 Å². The van der Waals surface area contributed by atoms with Crippen molar-refractivity contribution in [3.05, 3.63) is 176 Å². The van der Waals surface area contributed by atoms with E-state index < -0.39 is 0 Å². The van der Waals surface area contributed by atoms with Crippen LogP contribution in [-0.2, 0) is 0 Å². The fourth-order valence-electron chi connectivity index (χ4n) is 4.95. The first-order valence-electron chi connectivity index (χ1n) is 14.3. The van der Waals surface area contributed by atoms with Crippen LogP contribution in [0.4, 0.5) is 0 Å². The fraction of sp³-hybridized carbons (Fsp3) is 0. The third kappa shape index (κ3) is 5.98. The highest BCUT2D eigenvalue weighted by molar-refractivity contribution is 5.72. The Kier molecular flexibility index (Phi) is 7.21. The average molecular weight is 589 g/mol. The van der Waals surface area contributed by atoms with Gasteiger partial charge in [0.25, 0.3) is 0 Å². The van der Waals surface area contributed by atoms with Gasteiger partial charge in [0.15, 0.2) is 16.3 Å². The summed E-state index contributed by atoms with van der Waals surface area (Å²) in [5.41, 5.74) is 2.97. The minimum atomic E-state index is -0.133. The van der Waals surface area contributed by atoms with E-state index >= 15 is 0 Å². The molecule has 0 atom stereocenters. The average Bonchev–Trinajstić information content (AvgIpc) is 3.09. The van der Waals surface area contributed by atoms with Gasteiger partial charge in [-0.2, -0.15) is 0 Å². The van der Waals surface area contributed by atoms with E-state index in [1.54, 1.807) is 146 Å². The van der Waals surface area contributed by atoms with Crippen LogP contribution in [-0.4, -0.2) is 0 Å². The van der Waals surface area contributed by atoms with Crippen LogP contribution >= 0.6 is 0 Å². The van der Waals surface area contributed by atoms with Crippen LogP contribution in [0.5, 0.6) is 0 Å². The maximum Gasteiger partial charge on any atom is 0.193 e. The van der Waals surface area contributed by atoms with Crippen LogP contribution in [0, 0.1) is 0 Å². The normalized spacial score (nSPS) is 10.9. The largest absolute Gasteiger partial charge is 0.457 e.